The highest BCUT2D eigenvalue weighted by molar-refractivity contribution is 8.13. The Labute approximate surface area is 124 Å². The van der Waals surface area contributed by atoms with Crippen molar-refractivity contribution >= 4 is 22.9 Å². The zero-order valence-electron chi connectivity index (χ0n) is 11.8. The number of hydrogen-bond acceptors (Lipinski definition) is 3. The molecule has 4 bridgehead atoms. The van der Waals surface area contributed by atoms with Crippen molar-refractivity contribution in [3.8, 4) is 0 Å². The molecule has 5 aliphatic rings. The highest BCUT2D eigenvalue weighted by atomic mass is 32.2. The Balaban J connectivity index is 1.41. The van der Waals surface area contributed by atoms with Gasteiger partial charge in [0.15, 0.2) is 0 Å². The van der Waals surface area contributed by atoms with Crippen LogP contribution in [0.5, 0.6) is 0 Å². The van der Waals surface area contributed by atoms with Crippen molar-refractivity contribution < 1.29 is 9.59 Å². The van der Waals surface area contributed by atoms with E-state index < -0.39 is 0 Å². The Hall–Kier alpha value is -0.710. The molecule has 4 aliphatic carbocycles. The number of hydrogen-bond donors (Lipinski definition) is 1. The Morgan fingerprint density at radius 1 is 1.20 bits per heavy atom. The van der Waals surface area contributed by atoms with Gasteiger partial charge >= 0.3 is 0 Å². The Morgan fingerprint density at radius 2 is 1.80 bits per heavy atom. The van der Waals surface area contributed by atoms with Crippen LogP contribution in [0.3, 0.4) is 0 Å². The molecule has 1 N–H and O–H groups in total. The molecule has 5 fully saturated rings. The van der Waals surface area contributed by atoms with Crippen molar-refractivity contribution in [2.75, 3.05) is 18.8 Å². The SMILES string of the molecule is O=C(CN1CCSC1=O)NC12CC3CC(CC(C3)C1)C2. The number of amides is 2. The van der Waals surface area contributed by atoms with Gasteiger partial charge in [0.05, 0.1) is 0 Å². The predicted molar refractivity (Wildman–Crippen MR) is 78.5 cm³/mol. The second-order valence-electron chi connectivity index (χ2n) is 7.28. The Morgan fingerprint density at radius 3 is 2.30 bits per heavy atom. The number of thioether (sulfide) groups is 1. The van der Waals surface area contributed by atoms with Gasteiger partial charge in [0.2, 0.25) is 5.91 Å². The molecular formula is C15H22N2O2S. The third kappa shape index (κ3) is 2.24. The van der Waals surface area contributed by atoms with E-state index in [0.29, 0.717) is 0 Å². The van der Waals surface area contributed by atoms with Gasteiger partial charge in [-0.05, 0) is 56.3 Å². The van der Waals surface area contributed by atoms with E-state index in [1.165, 1.54) is 50.3 Å². The van der Waals surface area contributed by atoms with E-state index in [-0.39, 0.29) is 23.2 Å². The molecule has 5 heteroatoms. The van der Waals surface area contributed by atoms with Crippen molar-refractivity contribution in [3.05, 3.63) is 0 Å². The fourth-order valence-electron chi connectivity index (χ4n) is 5.34. The van der Waals surface area contributed by atoms with E-state index in [9.17, 15) is 9.59 Å². The van der Waals surface area contributed by atoms with Gasteiger partial charge in [-0.1, -0.05) is 11.8 Å². The minimum atomic E-state index is 0.0581. The van der Waals surface area contributed by atoms with E-state index >= 15 is 0 Å². The summed E-state index contributed by atoms with van der Waals surface area (Å²) in [4.78, 5) is 25.6. The Kier molecular flexibility index (Phi) is 3.02. The van der Waals surface area contributed by atoms with Crippen LogP contribution in [0.25, 0.3) is 0 Å². The molecule has 2 amide bonds. The zero-order valence-corrected chi connectivity index (χ0v) is 12.6. The molecule has 1 heterocycles. The van der Waals surface area contributed by atoms with Gasteiger partial charge in [-0.15, -0.1) is 0 Å². The highest BCUT2D eigenvalue weighted by Crippen LogP contribution is 2.55. The molecule has 1 saturated heterocycles. The van der Waals surface area contributed by atoms with Crippen molar-refractivity contribution in [1.29, 1.82) is 0 Å². The van der Waals surface area contributed by atoms with Crippen molar-refractivity contribution in [3.63, 3.8) is 0 Å². The minimum Gasteiger partial charge on any atom is -0.349 e. The minimum absolute atomic E-state index is 0.0581. The number of nitrogens with one attached hydrogen (secondary N) is 1. The first-order chi connectivity index (χ1) is 9.62. The molecule has 0 aromatic rings. The second kappa shape index (κ2) is 4.65. The molecule has 0 atom stereocenters. The number of rotatable bonds is 3. The molecule has 0 spiro atoms. The van der Waals surface area contributed by atoms with Crippen LogP contribution < -0.4 is 5.32 Å². The van der Waals surface area contributed by atoms with E-state index in [2.05, 4.69) is 5.32 Å². The van der Waals surface area contributed by atoms with E-state index in [1.54, 1.807) is 4.90 Å². The van der Waals surface area contributed by atoms with Crippen molar-refractivity contribution in [1.82, 2.24) is 10.2 Å². The van der Waals surface area contributed by atoms with Gasteiger partial charge in [0, 0.05) is 17.8 Å². The first-order valence-electron chi connectivity index (χ1n) is 7.85. The molecule has 5 rings (SSSR count). The van der Waals surface area contributed by atoms with Gasteiger partial charge in [-0.2, -0.15) is 0 Å². The molecule has 110 valence electrons. The normalized spacial score (nSPS) is 42.3. The topological polar surface area (TPSA) is 49.4 Å². The van der Waals surface area contributed by atoms with Gasteiger partial charge in [0.1, 0.15) is 6.54 Å². The maximum absolute atomic E-state index is 12.3. The summed E-state index contributed by atoms with van der Waals surface area (Å²) in [5, 5.41) is 3.39. The van der Waals surface area contributed by atoms with Crippen LogP contribution >= 0.6 is 11.8 Å². The second-order valence-corrected chi connectivity index (χ2v) is 8.33. The molecule has 0 aromatic heterocycles. The van der Waals surface area contributed by atoms with Gasteiger partial charge in [-0.3, -0.25) is 9.59 Å². The molecule has 1 aliphatic heterocycles. The van der Waals surface area contributed by atoms with E-state index in [0.717, 1.165) is 30.1 Å². The smallest absolute Gasteiger partial charge is 0.282 e. The van der Waals surface area contributed by atoms with Gasteiger partial charge in [0.25, 0.3) is 5.24 Å². The summed E-state index contributed by atoms with van der Waals surface area (Å²) in [6, 6.07) is 0. The largest absolute Gasteiger partial charge is 0.349 e. The van der Waals surface area contributed by atoms with Gasteiger partial charge in [-0.25, -0.2) is 0 Å². The summed E-state index contributed by atoms with van der Waals surface area (Å²) in [5.41, 5.74) is 0.0712. The van der Waals surface area contributed by atoms with Crippen LogP contribution in [0.1, 0.15) is 38.5 Å². The fraction of sp³-hybridized carbons (Fsp3) is 0.867. The summed E-state index contributed by atoms with van der Waals surface area (Å²) < 4.78 is 0. The third-order valence-electron chi connectivity index (χ3n) is 5.62. The standard InChI is InChI=1S/C15H22N2O2S/c18-13(9-17-1-2-20-14(17)19)16-15-6-10-3-11(7-15)5-12(4-10)8-15/h10-12H,1-9H2,(H,16,18). The lowest BCUT2D eigenvalue weighted by Gasteiger charge is -2.57. The summed E-state index contributed by atoms with van der Waals surface area (Å²) in [7, 11) is 0. The fourth-order valence-corrected chi connectivity index (χ4v) is 6.17. The predicted octanol–water partition coefficient (Wildman–Crippen LogP) is 2.24. The maximum Gasteiger partial charge on any atom is 0.282 e. The monoisotopic (exact) mass is 294 g/mol. The zero-order chi connectivity index (χ0) is 13.7. The van der Waals surface area contributed by atoms with Crippen molar-refractivity contribution in [2.24, 2.45) is 17.8 Å². The van der Waals surface area contributed by atoms with Crippen LogP contribution in [0.2, 0.25) is 0 Å². The summed E-state index contributed by atoms with van der Waals surface area (Å²) in [6.45, 7) is 0.978. The number of carbonyl (C=O) groups excluding carboxylic acids is 2. The van der Waals surface area contributed by atoms with Crippen LogP contribution in [0.4, 0.5) is 4.79 Å². The van der Waals surface area contributed by atoms with E-state index in [4.69, 9.17) is 0 Å². The summed E-state index contributed by atoms with van der Waals surface area (Å²) >= 11 is 1.32. The van der Waals surface area contributed by atoms with Crippen LogP contribution in [-0.2, 0) is 4.79 Å². The highest BCUT2D eigenvalue weighted by Gasteiger charge is 2.51. The van der Waals surface area contributed by atoms with E-state index in [1.807, 2.05) is 0 Å². The number of nitrogens with zero attached hydrogens (tertiary/aromatic N) is 1. The maximum atomic E-state index is 12.3. The average molecular weight is 294 g/mol. The number of carbonyl (C=O) groups is 2. The summed E-state index contributed by atoms with van der Waals surface area (Å²) in [6.07, 6.45) is 7.68. The molecule has 0 unspecified atom stereocenters. The molecule has 0 aromatic carbocycles. The first-order valence-corrected chi connectivity index (χ1v) is 8.83. The quantitative estimate of drug-likeness (QED) is 0.868. The molecule has 0 radical (unpaired) electrons. The van der Waals surface area contributed by atoms with Crippen molar-refractivity contribution in [2.45, 2.75) is 44.1 Å². The lowest BCUT2D eigenvalue weighted by molar-refractivity contribution is -0.127. The van der Waals surface area contributed by atoms with Gasteiger partial charge < -0.3 is 10.2 Å². The average Bonchev–Trinajstić information content (AvgIpc) is 2.72. The molecule has 4 saturated carbocycles. The first kappa shape index (κ1) is 13.0. The molecule has 20 heavy (non-hydrogen) atoms. The van der Waals surface area contributed by atoms with Crippen LogP contribution in [-0.4, -0.2) is 40.4 Å². The van der Waals surface area contributed by atoms with Crippen LogP contribution in [0.15, 0.2) is 0 Å². The summed E-state index contributed by atoms with van der Waals surface area (Å²) in [5.74, 6) is 3.40. The molecular weight excluding hydrogens is 272 g/mol. The molecule has 4 nitrogen and oxygen atoms in total. The van der Waals surface area contributed by atoms with Crippen LogP contribution in [0, 0.1) is 17.8 Å². The lowest BCUT2D eigenvalue weighted by atomic mass is 9.53. The lowest BCUT2D eigenvalue weighted by Crippen LogP contribution is -2.61. The Bertz CT molecular complexity index is 416. The third-order valence-corrected chi connectivity index (χ3v) is 6.51.